The fourth-order valence-electron chi connectivity index (χ4n) is 2.91. The molecule has 2 N–H and O–H groups in total. The van der Waals surface area contributed by atoms with E-state index in [2.05, 4.69) is 25.7 Å². The fraction of sp³-hybridized carbons (Fsp3) is 0.368. The summed E-state index contributed by atoms with van der Waals surface area (Å²) in [5.74, 6) is 1.21. The third kappa shape index (κ3) is 3.88. The van der Waals surface area contributed by atoms with Crippen LogP contribution in [0.15, 0.2) is 35.0 Å². The average molecular weight is 384 g/mol. The number of hydrogen-bond acceptors (Lipinski definition) is 5. The fourth-order valence-corrected chi connectivity index (χ4v) is 2.91. The Balaban J connectivity index is 1.39. The Labute approximate surface area is 161 Å². The Bertz CT molecular complexity index is 963. The number of aromatic nitrogens is 4. The van der Waals surface area contributed by atoms with E-state index in [1.54, 1.807) is 32.3 Å². The van der Waals surface area contributed by atoms with E-state index in [1.165, 1.54) is 17.0 Å². The molecule has 1 aliphatic carbocycles. The van der Waals surface area contributed by atoms with Crippen molar-refractivity contribution < 1.29 is 13.7 Å². The third-order valence-corrected chi connectivity index (χ3v) is 4.72. The Morgan fingerprint density at radius 3 is 2.86 bits per heavy atom. The van der Waals surface area contributed by atoms with E-state index < -0.39 is 6.04 Å². The second-order valence-corrected chi connectivity index (χ2v) is 7.07. The summed E-state index contributed by atoms with van der Waals surface area (Å²) in [5, 5.41) is 13.8. The molecule has 8 nitrogen and oxygen atoms in total. The molecule has 2 amide bonds. The maximum absolute atomic E-state index is 13.2. The first-order valence-electron chi connectivity index (χ1n) is 9.14. The predicted molar refractivity (Wildman–Crippen MR) is 98.7 cm³/mol. The molecule has 0 bridgehead atoms. The van der Waals surface area contributed by atoms with Gasteiger partial charge in [-0.1, -0.05) is 5.16 Å². The van der Waals surface area contributed by atoms with Crippen LogP contribution < -0.4 is 5.32 Å². The number of carbonyl (C=O) groups excluding carboxylic acids is 1. The van der Waals surface area contributed by atoms with Crippen molar-refractivity contribution in [3.8, 4) is 11.3 Å². The lowest BCUT2D eigenvalue weighted by atomic mass is 10.1. The van der Waals surface area contributed by atoms with Crippen LogP contribution in [0.4, 0.5) is 9.18 Å². The Kier molecular flexibility index (Phi) is 4.81. The molecule has 28 heavy (non-hydrogen) atoms. The van der Waals surface area contributed by atoms with Crippen LogP contribution in [-0.2, 0) is 6.54 Å². The molecule has 146 valence electrons. The van der Waals surface area contributed by atoms with Crippen LogP contribution in [0, 0.1) is 5.82 Å². The number of H-pyrrole nitrogens is 1. The first-order chi connectivity index (χ1) is 13.5. The lowest BCUT2D eigenvalue weighted by Crippen LogP contribution is -2.38. The quantitative estimate of drug-likeness (QED) is 0.679. The van der Waals surface area contributed by atoms with Crippen molar-refractivity contribution in [1.82, 2.24) is 30.6 Å². The SMILES string of the molecule is C[C@H](NC(=O)N(C)Cc1cn[nH]c1-c1ccc(F)cc1)c1nc(C2CC2)no1. The van der Waals surface area contributed by atoms with Gasteiger partial charge in [0.1, 0.15) is 11.9 Å². The van der Waals surface area contributed by atoms with Crippen molar-refractivity contribution in [2.24, 2.45) is 0 Å². The standard InChI is InChI=1S/C19H21FN6O2/c1-11(18-23-17(25-28-18)13-3-4-13)22-19(27)26(2)10-14-9-21-24-16(14)12-5-7-15(20)8-6-12/h5-9,11,13H,3-4,10H2,1-2H3,(H,21,24)(H,22,27)/t11-/m0/s1. The zero-order valence-electron chi connectivity index (χ0n) is 15.6. The molecule has 0 radical (unpaired) electrons. The highest BCUT2D eigenvalue weighted by atomic mass is 19.1. The van der Waals surface area contributed by atoms with Gasteiger partial charge in [0, 0.05) is 24.1 Å². The molecule has 1 fully saturated rings. The molecular formula is C19H21FN6O2. The van der Waals surface area contributed by atoms with Gasteiger partial charge < -0.3 is 14.7 Å². The van der Waals surface area contributed by atoms with Crippen molar-refractivity contribution in [3.05, 3.63) is 53.6 Å². The summed E-state index contributed by atoms with van der Waals surface area (Å²) in [5.41, 5.74) is 2.37. The first kappa shape index (κ1) is 18.1. The Morgan fingerprint density at radius 2 is 2.14 bits per heavy atom. The predicted octanol–water partition coefficient (Wildman–Crippen LogP) is 3.38. The second-order valence-electron chi connectivity index (χ2n) is 7.07. The minimum Gasteiger partial charge on any atom is -0.337 e. The number of nitrogens with one attached hydrogen (secondary N) is 2. The third-order valence-electron chi connectivity index (χ3n) is 4.72. The summed E-state index contributed by atoms with van der Waals surface area (Å²) in [6.07, 6.45) is 3.83. The van der Waals surface area contributed by atoms with E-state index in [9.17, 15) is 9.18 Å². The number of rotatable bonds is 6. The maximum atomic E-state index is 13.2. The van der Waals surface area contributed by atoms with Crippen LogP contribution in [0.3, 0.4) is 0 Å². The Hall–Kier alpha value is -3.23. The molecule has 1 atom stereocenters. The number of halogens is 1. The summed E-state index contributed by atoms with van der Waals surface area (Å²) >= 11 is 0. The van der Waals surface area contributed by atoms with E-state index >= 15 is 0 Å². The molecule has 3 aromatic rings. The van der Waals surface area contributed by atoms with Gasteiger partial charge in [0.2, 0.25) is 5.89 Å². The van der Waals surface area contributed by atoms with E-state index in [0.29, 0.717) is 24.2 Å². The zero-order chi connectivity index (χ0) is 19.7. The van der Waals surface area contributed by atoms with Gasteiger partial charge in [-0.15, -0.1) is 0 Å². The van der Waals surface area contributed by atoms with E-state index in [4.69, 9.17) is 4.52 Å². The summed E-state index contributed by atoms with van der Waals surface area (Å²) in [7, 11) is 1.69. The highest BCUT2D eigenvalue weighted by Crippen LogP contribution is 2.38. The number of aromatic amines is 1. The molecule has 4 rings (SSSR count). The molecule has 0 aliphatic heterocycles. The summed E-state index contributed by atoms with van der Waals surface area (Å²) in [6.45, 7) is 2.14. The van der Waals surface area contributed by atoms with Gasteiger partial charge >= 0.3 is 6.03 Å². The summed E-state index contributed by atoms with van der Waals surface area (Å²) < 4.78 is 18.4. The summed E-state index contributed by atoms with van der Waals surface area (Å²) in [6, 6.07) is 5.44. The molecule has 2 heterocycles. The smallest absolute Gasteiger partial charge is 0.318 e. The highest BCUT2D eigenvalue weighted by Gasteiger charge is 2.30. The van der Waals surface area contributed by atoms with Crippen LogP contribution in [-0.4, -0.2) is 38.3 Å². The summed E-state index contributed by atoms with van der Waals surface area (Å²) in [4.78, 5) is 18.4. The molecule has 0 spiro atoms. The van der Waals surface area contributed by atoms with Gasteiger partial charge in [-0.05, 0) is 44.0 Å². The van der Waals surface area contributed by atoms with Gasteiger partial charge in [0.15, 0.2) is 5.82 Å². The number of carbonyl (C=O) groups is 1. The minimum atomic E-state index is -0.393. The monoisotopic (exact) mass is 384 g/mol. The van der Waals surface area contributed by atoms with Crippen molar-refractivity contribution in [3.63, 3.8) is 0 Å². The molecule has 2 aromatic heterocycles. The lowest BCUT2D eigenvalue weighted by molar-refractivity contribution is 0.200. The normalized spacial score (nSPS) is 14.7. The van der Waals surface area contributed by atoms with Gasteiger partial charge in [-0.3, -0.25) is 5.10 Å². The minimum absolute atomic E-state index is 0.273. The maximum Gasteiger partial charge on any atom is 0.318 e. The first-order valence-corrected chi connectivity index (χ1v) is 9.14. The van der Waals surface area contributed by atoms with Crippen LogP contribution in [0.5, 0.6) is 0 Å². The Morgan fingerprint density at radius 1 is 1.39 bits per heavy atom. The second kappa shape index (κ2) is 7.41. The van der Waals surface area contributed by atoms with Gasteiger partial charge in [-0.25, -0.2) is 9.18 Å². The molecule has 1 saturated carbocycles. The van der Waals surface area contributed by atoms with E-state index in [0.717, 1.165) is 29.7 Å². The molecule has 1 aromatic carbocycles. The van der Waals surface area contributed by atoms with E-state index in [1.807, 2.05) is 0 Å². The molecule has 9 heteroatoms. The van der Waals surface area contributed by atoms with Crippen LogP contribution >= 0.6 is 0 Å². The number of hydrogen-bond donors (Lipinski definition) is 2. The van der Waals surface area contributed by atoms with Crippen molar-refractivity contribution >= 4 is 6.03 Å². The number of amides is 2. The van der Waals surface area contributed by atoms with Crippen molar-refractivity contribution in [1.29, 1.82) is 0 Å². The van der Waals surface area contributed by atoms with Crippen molar-refractivity contribution in [2.75, 3.05) is 7.05 Å². The van der Waals surface area contributed by atoms with Gasteiger partial charge in [0.05, 0.1) is 18.4 Å². The van der Waals surface area contributed by atoms with Gasteiger partial charge in [0.25, 0.3) is 0 Å². The van der Waals surface area contributed by atoms with E-state index in [-0.39, 0.29) is 11.8 Å². The largest absolute Gasteiger partial charge is 0.337 e. The molecule has 0 saturated heterocycles. The van der Waals surface area contributed by atoms with Crippen molar-refractivity contribution in [2.45, 2.75) is 38.3 Å². The topological polar surface area (TPSA) is 99.9 Å². The number of urea groups is 1. The molecule has 0 unspecified atom stereocenters. The van der Waals surface area contributed by atoms with Crippen LogP contribution in [0.1, 0.15) is 49.0 Å². The number of nitrogens with zero attached hydrogens (tertiary/aromatic N) is 4. The zero-order valence-corrected chi connectivity index (χ0v) is 15.6. The average Bonchev–Trinajstić information content (AvgIpc) is 3.23. The van der Waals surface area contributed by atoms with Crippen LogP contribution in [0.25, 0.3) is 11.3 Å². The molecule has 1 aliphatic rings. The lowest BCUT2D eigenvalue weighted by Gasteiger charge is -2.20. The highest BCUT2D eigenvalue weighted by molar-refractivity contribution is 5.74. The molecular weight excluding hydrogens is 363 g/mol. The van der Waals surface area contributed by atoms with Gasteiger partial charge in [-0.2, -0.15) is 10.1 Å². The van der Waals surface area contributed by atoms with Crippen LogP contribution in [0.2, 0.25) is 0 Å². The number of benzene rings is 1.